The molecule has 21 saturated heterocycles. The number of hydrogen-bond acceptors (Lipinski definition) is 56. The molecule has 5 unspecified atom stereocenters. The number of ether oxygens (including phenoxy) is 14. The van der Waals surface area contributed by atoms with Crippen LogP contribution in [-0.2, 0) is 168 Å². The standard InChI is InChI=1S/C42H70O56S7.7Na/c43-15-22(50)36-85-8(1-78-99(57,58)59)29(15)92-37-23(51)16(44)31(10(86-37)3-80-101(63,64)65)94-39-25(53)18(46)33(12(88-39)5-82-103(69,70)71)96-41-27(55)20(48)35(14(90-41)7-84-105(75,76)77)98-42-28(56)21(49)34(13(91-42)6-83-104(72,73)74)97-40-26(54)19(47)32(11(89-40)4-81-102(66,67)68)95-38-24(52)17(45)30(93-36)9(87-38)2-79-100(60,61)62;;;;;;;/h8-56H,1-7H2,(H,57,58,59)(H,60,61,62)(H,63,64,65)(H,66,67,68)(H,69,70,71)(H,72,73,74)(H,75,76,77);;;;;;;/q;7*+1/p-7/t8-,9-,10-,11-,12-,13-,14-,15-,16?,17?,18?,19?,20-,21?,22-,23-,24-,25-,26-,27-,28-,29-,30-,31-,32-,33-,34-,35-,36-,37-,38-,39-,40-,41-,42-;;;;;;;/m1......./s1. The van der Waals surface area contributed by atoms with E-state index in [-0.39, 0.29) is 207 Å². The molecule has 0 aromatic rings. The van der Waals surface area contributed by atoms with E-state index in [1.807, 2.05) is 0 Å². The van der Waals surface area contributed by atoms with Gasteiger partial charge in [-0.05, 0) is 0 Å². The molecular weight excluding hydrogens is 1790 g/mol. The average molecular weight is 1850 g/mol. The molecule has 112 heavy (non-hydrogen) atoms. The molecule has 0 saturated carbocycles. The first-order chi connectivity index (χ1) is 48.2. The molecule has 14 N–H and O–H groups in total. The van der Waals surface area contributed by atoms with Crippen molar-refractivity contribution >= 4 is 72.8 Å². The van der Waals surface area contributed by atoms with Gasteiger partial charge in [-0.3, -0.25) is 29.3 Å². The van der Waals surface area contributed by atoms with Gasteiger partial charge >= 0.3 is 207 Å². The molecule has 21 aliphatic rings. The van der Waals surface area contributed by atoms with E-state index >= 15 is 0 Å². The Morgan fingerprint density at radius 3 is 0.348 bits per heavy atom. The van der Waals surface area contributed by atoms with E-state index in [9.17, 15) is 162 Å². The van der Waals surface area contributed by atoms with Gasteiger partial charge in [0, 0.05) is 0 Å². The van der Waals surface area contributed by atoms with Crippen molar-refractivity contribution in [2.75, 3.05) is 46.2 Å². The van der Waals surface area contributed by atoms with Gasteiger partial charge in [0.15, 0.2) is 44.0 Å². The quantitative estimate of drug-likeness (QED) is 0.0288. The van der Waals surface area contributed by atoms with E-state index in [1.165, 1.54) is 0 Å². The Kier molecular flexibility index (Phi) is 48.6. The summed E-state index contributed by atoms with van der Waals surface area (Å²) >= 11 is 0. The van der Waals surface area contributed by atoms with E-state index < -0.39 is 334 Å². The Hall–Kier alpha value is 4.97. The molecular formula is C42H63Na7O56S7. The SMILES string of the molecule is O=S(=O)([O-])OC[C@H]1O[C@@H]2O[C@H]3C(O)[C@@H](O)[C@H](O[C@@H]3COS(=O)(=O)[O-])O[C@H]3C(O)[C@@H](O)[C@H](O[C@@H]3COS(=O)(=O)[O-])O[C@H]3C(O)[C@@H](O)[C@@H](O[C@H]4[C@H](O)[C@@H](O)[C@H](O[C@@H]4COS(=O)(=O)[O-])O[C@H]4C(O)[C@@H](O)[C@H](O[C@@H]4COS(=O)(=O)[O-])O[C@H]4C(O)[C@@H](O)[C@@H](O[C@H]1[C@H](O)[C@H]2O)O[C@@H]4COS(=O)(=O)[O-])O[C@@H]3COS(=O)(=O)[O-].[Na+].[Na+].[Na+].[Na+].[Na+].[Na+].[Na+]. The third-order valence-corrected chi connectivity index (χ3v) is 19.1. The molecule has 0 radical (unpaired) electrons. The minimum Gasteiger partial charge on any atom is -0.726 e. The van der Waals surface area contributed by atoms with Crippen LogP contribution in [0.25, 0.3) is 0 Å². The molecule has 70 heteroatoms. The Bertz CT molecular complexity index is 3080. The topological polar surface area (TPSA) is 877 Å². The molecule has 21 aliphatic heterocycles. The van der Waals surface area contributed by atoms with Gasteiger partial charge in [0.05, 0.1) is 46.2 Å². The van der Waals surface area contributed by atoms with Crippen LogP contribution in [0.15, 0.2) is 0 Å². The average Bonchev–Trinajstić information content (AvgIpc) is 0.782. The van der Waals surface area contributed by atoms with Crippen molar-refractivity contribution in [1.29, 1.82) is 0 Å². The summed E-state index contributed by atoms with van der Waals surface area (Å²) in [5.41, 5.74) is 0. The fourth-order valence-corrected chi connectivity index (χ4v) is 13.5. The van der Waals surface area contributed by atoms with Crippen molar-refractivity contribution in [3.8, 4) is 0 Å². The van der Waals surface area contributed by atoms with Crippen molar-refractivity contribution in [3.63, 3.8) is 0 Å². The number of aliphatic hydroxyl groups is 14. The van der Waals surface area contributed by atoms with Crippen LogP contribution < -0.4 is 207 Å². The molecule has 21 fully saturated rings. The van der Waals surface area contributed by atoms with Crippen LogP contribution >= 0.6 is 0 Å². The Balaban J connectivity index is 0.00000896. The van der Waals surface area contributed by atoms with Gasteiger partial charge < -0.3 is 170 Å². The molecule has 0 aliphatic carbocycles. The zero-order valence-corrected chi connectivity index (χ0v) is 78.1. The summed E-state index contributed by atoms with van der Waals surface area (Å²) in [5.74, 6) is 0. The van der Waals surface area contributed by atoms with Gasteiger partial charge in [0.2, 0.25) is 72.8 Å². The second-order valence-corrected chi connectivity index (χ2v) is 30.6. The number of hydrogen-bond donors (Lipinski definition) is 14. The van der Waals surface area contributed by atoms with E-state index in [0.29, 0.717) is 0 Å². The van der Waals surface area contributed by atoms with Crippen LogP contribution in [0.2, 0.25) is 0 Å². The van der Waals surface area contributed by atoms with Crippen molar-refractivity contribution in [1.82, 2.24) is 0 Å². The minimum absolute atomic E-state index is 0. The normalized spacial score (nSPS) is 42.1. The van der Waals surface area contributed by atoms with Gasteiger partial charge in [-0.2, -0.15) is 0 Å². The van der Waals surface area contributed by atoms with E-state index in [1.54, 1.807) is 0 Å². The summed E-state index contributed by atoms with van der Waals surface area (Å²) in [5, 5.41) is 162. The summed E-state index contributed by atoms with van der Waals surface area (Å²) in [6, 6.07) is 0. The first kappa shape index (κ1) is 115. The monoisotopic (exact) mass is 1850 g/mol. The van der Waals surface area contributed by atoms with Crippen molar-refractivity contribution in [2.45, 2.75) is 215 Å². The maximum Gasteiger partial charge on any atom is 1.00 e. The third-order valence-electron chi connectivity index (χ3n) is 16.2. The van der Waals surface area contributed by atoms with E-state index in [4.69, 9.17) is 66.3 Å². The molecule has 21 heterocycles. The van der Waals surface area contributed by atoms with Crippen molar-refractivity contribution in [3.05, 3.63) is 0 Å². The molecule has 14 bridgehead atoms. The predicted octanol–water partition coefficient (Wildman–Crippen LogP) is -39.8. The molecule has 35 atom stereocenters. The largest absolute Gasteiger partial charge is 1.00 e. The van der Waals surface area contributed by atoms with Crippen molar-refractivity contribution in [2.24, 2.45) is 0 Å². The smallest absolute Gasteiger partial charge is 0.726 e. The molecule has 0 spiro atoms. The molecule has 0 aromatic carbocycles. The van der Waals surface area contributed by atoms with Crippen LogP contribution in [0.4, 0.5) is 0 Å². The number of aliphatic hydroxyl groups excluding tert-OH is 14. The number of rotatable bonds is 21. The summed E-state index contributed by atoms with van der Waals surface area (Å²) < 4.78 is 355. The van der Waals surface area contributed by atoms with Crippen molar-refractivity contribution < 1.29 is 465 Å². The first-order valence-electron chi connectivity index (χ1n) is 29.1. The van der Waals surface area contributed by atoms with Gasteiger partial charge in [0.25, 0.3) is 0 Å². The van der Waals surface area contributed by atoms with Gasteiger partial charge in [-0.1, -0.05) is 0 Å². The zero-order valence-electron chi connectivity index (χ0n) is 58.4. The van der Waals surface area contributed by atoms with Crippen LogP contribution in [0.5, 0.6) is 0 Å². The van der Waals surface area contributed by atoms with Crippen LogP contribution in [0.1, 0.15) is 0 Å². The Morgan fingerprint density at radius 2 is 0.268 bits per heavy atom. The summed E-state index contributed by atoms with van der Waals surface area (Å²) in [4.78, 5) is 0. The van der Waals surface area contributed by atoms with Crippen LogP contribution in [0.3, 0.4) is 0 Å². The van der Waals surface area contributed by atoms with Gasteiger partial charge in [-0.25, -0.2) is 58.9 Å². The fraction of sp³-hybridized carbons (Fsp3) is 1.00. The van der Waals surface area contributed by atoms with Gasteiger partial charge in [-0.15, -0.1) is 0 Å². The zero-order chi connectivity index (χ0) is 78.5. The van der Waals surface area contributed by atoms with E-state index in [2.05, 4.69) is 29.3 Å². The summed E-state index contributed by atoms with van der Waals surface area (Å²) in [6.07, 6.45) is -95.2. The summed E-state index contributed by atoms with van der Waals surface area (Å²) in [6.45, 7) is -12.2. The second kappa shape index (κ2) is 47.3. The minimum atomic E-state index is -5.94. The molecule has 0 aromatic heterocycles. The predicted molar refractivity (Wildman–Crippen MR) is 288 cm³/mol. The van der Waals surface area contributed by atoms with E-state index in [0.717, 1.165) is 0 Å². The fourth-order valence-electron chi connectivity index (χ4n) is 11.4. The molecule has 0 amide bonds. The Morgan fingerprint density at radius 1 is 0.179 bits per heavy atom. The molecule has 56 nitrogen and oxygen atoms in total. The summed E-state index contributed by atoms with van der Waals surface area (Å²) in [7, 11) is -41.6. The third kappa shape index (κ3) is 32.3. The maximum absolute atomic E-state index is 11.8. The van der Waals surface area contributed by atoms with Gasteiger partial charge in [0.1, 0.15) is 171 Å². The second-order valence-electron chi connectivity index (χ2n) is 23.2. The molecule has 616 valence electrons. The van der Waals surface area contributed by atoms with Crippen LogP contribution in [0, 0.1) is 0 Å². The van der Waals surface area contributed by atoms with Crippen LogP contribution in [-0.4, -0.2) is 423 Å². The Labute approximate surface area is 788 Å². The maximum atomic E-state index is 11.8. The first-order valence-corrected chi connectivity index (χ1v) is 38.4. The molecule has 21 rings (SSSR count).